The molecule has 0 unspecified atom stereocenters. The van der Waals surface area contributed by atoms with Crippen molar-refractivity contribution in [3.05, 3.63) is 12.2 Å². The van der Waals surface area contributed by atoms with E-state index in [1.807, 2.05) is 4.68 Å². The largest absolute Gasteiger partial charge is 0.299 e. The molecular weight excluding hydrogens is 238 g/mol. The van der Waals surface area contributed by atoms with Gasteiger partial charge in [-0.2, -0.15) is 5.10 Å². The van der Waals surface area contributed by atoms with Gasteiger partial charge in [-0.1, -0.05) is 32.1 Å². The first-order chi connectivity index (χ1) is 9.18. The number of carbonyl (C=O) groups excluding carboxylic acids is 1. The fourth-order valence-electron chi connectivity index (χ4n) is 2.91. The van der Waals surface area contributed by atoms with Crippen molar-refractivity contribution in [1.29, 1.82) is 0 Å². The Morgan fingerprint density at radius 3 is 2.53 bits per heavy atom. The normalized spacial score (nSPS) is 18.3. The smallest absolute Gasteiger partial charge is 0.143 e. The first-order valence-electron chi connectivity index (χ1n) is 7.59. The van der Waals surface area contributed by atoms with Crippen LogP contribution in [0.5, 0.6) is 0 Å². The van der Waals surface area contributed by atoms with Gasteiger partial charge in [-0.05, 0) is 26.7 Å². The molecule has 0 atom stereocenters. The maximum Gasteiger partial charge on any atom is 0.143 e. The van der Waals surface area contributed by atoms with Gasteiger partial charge in [-0.15, -0.1) is 0 Å². The topological polar surface area (TPSA) is 47.8 Å². The van der Waals surface area contributed by atoms with Gasteiger partial charge in [0.2, 0.25) is 0 Å². The van der Waals surface area contributed by atoms with Crippen LogP contribution in [0.1, 0.15) is 70.7 Å². The molecule has 1 aromatic rings. The second-order valence-corrected chi connectivity index (χ2v) is 5.90. The number of rotatable bonds is 4. The lowest BCUT2D eigenvalue weighted by Gasteiger charge is -2.18. The van der Waals surface area contributed by atoms with Crippen molar-refractivity contribution < 1.29 is 4.79 Å². The van der Waals surface area contributed by atoms with Gasteiger partial charge >= 0.3 is 0 Å². The summed E-state index contributed by atoms with van der Waals surface area (Å²) in [5.74, 6) is 1.43. The fourth-order valence-corrected chi connectivity index (χ4v) is 2.91. The fraction of sp³-hybridized carbons (Fsp3) is 0.800. The molecule has 0 aromatic carbocycles. The maximum absolute atomic E-state index is 12.4. The van der Waals surface area contributed by atoms with Gasteiger partial charge in [0.1, 0.15) is 17.9 Å². The summed E-state index contributed by atoms with van der Waals surface area (Å²) in [7, 11) is 0. The molecule has 0 amide bonds. The minimum absolute atomic E-state index is 0.248. The highest BCUT2D eigenvalue weighted by Gasteiger charge is 2.21. The second-order valence-electron chi connectivity index (χ2n) is 5.90. The molecule has 106 valence electrons. The lowest BCUT2D eigenvalue weighted by Crippen LogP contribution is -2.21. The predicted octanol–water partition coefficient (Wildman–Crippen LogP) is 3.33. The SMILES string of the molecule is CC(C)n1ncnc1CC(=O)C1CCCCCCC1. The molecule has 1 saturated carbocycles. The van der Waals surface area contributed by atoms with E-state index in [2.05, 4.69) is 23.9 Å². The average Bonchev–Trinajstić information content (AvgIpc) is 2.76. The lowest BCUT2D eigenvalue weighted by atomic mass is 9.87. The van der Waals surface area contributed by atoms with Gasteiger partial charge in [0, 0.05) is 12.0 Å². The van der Waals surface area contributed by atoms with E-state index in [-0.39, 0.29) is 12.0 Å². The number of carbonyl (C=O) groups is 1. The standard InChI is InChI=1S/C15H25N3O/c1-12(2)18-15(16-11-17-18)10-14(19)13-8-6-4-3-5-7-9-13/h11-13H,3-10H2,1-2H3. The van der Waals surface area contributed by atoms with Crippen LogP contribution in [0.2, 0.25) is 0 Å². The van der Waals surface area contributed by atoms with Crippen molar-refractivity contribution in [2.75, 3.05) is 0 Å². The van der Waals surface area contributed by atoms with Gasteiger partial charge < -0.3 is 0 Å². The molecule has 0 saturated heterocycles. The van der Waals surface area contributed by atoms with Crippen LogP contribution in [0.25, 0.3) is 0 Å². The Morgan fingerprint density at radius 1 is 1.26 bits per heavy atom. The van der Waals surface area contributed by atoms with Crippen LogP contribution >= 0.6 is 0 Å². The van der Waals surface area contributed by atoms with Crippen molar-refractivity contribution in [2.45, 2.75) is 71.3 Å². The van der Waals surface area contributed by atoms with E-state index in [0.717, 1.165) is 18.7 Å². The molecule has 1 heterocycles. The van der Waals surface area contributed by atoms with Crippen LogP contribution < -0.4 is 0 Å². The Kier molecular flexibility index (Phi) is 5.11. The van der Waals surface area contributed by atoms with Crippen molar-refractivity contribution in [3.8, 4) is 0 Å². The number of Topliss-reactive ketones (excluding diaryl/α,β-unsaturated/α-hetero) is 1. The molecule has 1 aliphatic rings. The highest BCUT2D eigenvalue weighted by Crippen LogP contribution is 2.24. The third-order valence-corrected chi connectivity index (χ3v) is 4.03. The molecule has 19 heavy (non-hydrogen) atoms. The predicted molar refractivity (Wildman–Crippen MR) is 74.9 cm³/mol. The molecule has 1 aliphatic carbocycles. The van der Waals surface area contributed by atoms with E-state index in [1.54, 1.807) is 6.33 Å². The van der Waals surface area contributed by atoms with E-state index in [1.165, 1.54) is 32.1 Å². The number of ketones is 1. The summed E-state index contributed by atoms with van der Waals surface area (Å²) >= 11 is 0. The summed E-state index contributed by atoms with van der Waals surface area (Å²) in [6.45, 7) is 4.14. The van der Waals surface area contributed by atoms with Gasteiger partial charge in [0.15, 0.2) is 0 Å². The number of nitrogens with zero attached hydrogens (tertiary/aromatic N) is 3. The molecule has 0 radical (unpaired) electrons. The van der Waals surface area contributed by atoms with Crippen molar-refractivity contribution in [3.63, 3.8) is 0 Å². The highest BCUT2D eigenvalue weighted by atomic mass is 16.1. The van der Waals surface area contributed by atoms with Gasteiger partial charge in [0.05, 0.1) is 6.42 Å². The van der Waals surface area contributed by atoms with Crippen molar-refractivity contribution in [2.24, 2.45) is 5.92 Å². The number of hydrogen-bond donors (Lipinski definition) is 0. The third-order valence-electron chi connectivity index (χ3n) is 4.03. The van der Waals surface area contributed by atoms with Crippen molar-refractivity contribution in [1.82, 2.24) is 14.8 Å². The van der Waals surface area contributed by atoms with Gasteiger partial charge in [-0.3, -0.25) is 4.79 Å². The molecule has 1 fully saturated rings. The van der Waals surface area contributed by atoms with E-state index < -0.39 is 0 Å². The molecule has 1 aromatic heterocycles. The van der Waals surface area contributed by atoms with E-state index in [4.69, 9.17) is 0 Å². The van der Waals surface area contributed by atoms with Crippen molar-refractivity contribution >= 4 is 5.78 Å². The Bertz CT molecular complexity index is 403. The summed E-state index contributed by atoms with van der Waals surface area (Å²) < 4.78 is 1.86. The van der Waals surface area contributed by atoms with E-state index in [0.29, 0.717) is 12.2 Å². The Hall–Kier alpha value is -1.19. The molecule has 0 spiro atoms. The molecule has 4 heteroatoms. The monoisotopic (exact) mass is 263 g/mol. The van der Waals surface area contributed by atoms with Crippen LogP contribution in [0, 0.1) is 5.92 Å². The van der Waals surface area contributed by atoms with E-state index in [9.17, 15) is 4.79 Å². The number of aromatic nitrogens is 3. The molecule has 4 nitrogen and oxygen atoms in total. The van der Waals surface area contributed by atoms with Gasteiger partial charge in [-0.25, -0.2) is 9.67 Å². The quantitative estimate of drug-likeness (QED) is 0.837. The maximum atomic E-state index is 12.4. The second kappa shape index (κ2) is 6.83. The van der Waals surface area contributed by atoms with Crippen LogP contribution in [0.15, 0.2) is 6.33 Å². The summed E-state index contributed by atoms with van der Waals surface area (Å²) in [6.07, 6.45) is 10.4. The highest BCUT2D eigenvalue weighted by molar-refractivity contribution is 5.82. The minimum atomic E-state index is 0.248. The Morgan fingerprint density at radius 2 is 1.89 bits per heavy atom. The molecule has 0 bridgehead atoms. The summed E-state index contributed by atoms with van der Waals surface area (Å²) in [6, 6.07) is 0.266. The van der Waals surface area contributed by atoms with Crippen LogP contribution in [-0.2, 0) is 11.2 Å². The summed E-state index contributed by atoms with van der Waals surface area (Å²) in [5, 5.41) is 4.20. The number of hydrogen-bond acceptors (Lipinski definition) is 3. The first-order valence-corrected chi connectivity index (χ1v) is 7.59. The summed E-state index contributed by atoms with van der Waals surface area (Å²) in [4.78, 5) is 16.7. The molecule has 0 aliphatic heterocycles. The van der Waals surface area contributed by atoms with E-state index >= 15 is 0 Å². The molecule has 2 rings (SSSR count). The zero-order chi connectivity index (χ0) is 13.7. The first kappa shape index (κ1) is 14.2. The molecular formula is C15H25N3O. The lowest BCUT2D eigenvalue weighted by molar-refractivity contribution is -0.123. The average molecular weight is 263 g/mol. The Balaban J connectivity index is 1.97. The van der Waals surface area contributed by atoms with Crippen LogP contribution in [-0.4, -0.2) is 20.5 Å². The van der Waals surface area contributed by atoms with Gasteiger partial charge in [0.25, 0.3) is 0 Å². The zero-order valence-corrected chi connectivity index (χ0v) is 12.1. The summed E-state index contributed by atoms with van der Waals surface area (Å²) in [5.41, 5.74) is 0. The zero-order valence-electron chi connectivity index (χ0n) is 12.1. The van der Waals surface area contributed by atoms with Crippen LogP contribution in [0.4, 0.5) is 0 Å². The third kappa shape index (κ3) is 3.88. The molecule has 0 N–H and O–H groups in total. The minimum Gasteiger partial charge on any atom is -0.299 e. The Labute approximate surface area is 115 Å². The van der Waals surface area contributed by atoms with Crippen LogP contribution in [0.3, 0.4) is 0 Å².